The molecule has 3 N–H and O–H groups in total. The molecule has 0 radical (unpaired) electrons. The van der Waals surface area contributed by atoms with Gasteiger partial charge in [-0.1, -0.05) is 24.3 Å². The molecule has 0 spiro atoms. The molecular formula is C31H30FN11O3. The number of carbonyl (C=O) groups excluding carboxylic acids is 1. The highest BCUT2D eigenvalue weighted by atomic mass is 19.1. The first-order valence-electron chi connectivity index (χ1n) is 14.9. The molecule has 3 aromatic heterocycles. The van der Waals surface area contributed by atoms with E-state index in [4.69, 9.17) is 20.4 Å². The second kappa shape index (κ2) is 12.4. The second-order valence-electron chi connectivity index (χ2n) is 11.0. The van der Waals surface area contributed by atoms with Gasteiger partial charge in [-0.3, -0.25) is 9.59 Å². The van der Waals surface area contributed by atoms with E-state index < -0.39 is 11.7 Å². The number of amides is 1. The molecule has 0 unspecified atom stereocenters. The van der Waals surface area contributed by atoms with Crippen molar-refractivity contribution in [1.82, 2.24) is 40.0 Å². The summed E-state index contributed by atoms with van der Waals surface area (Å²) in [5, 5.41) is 7.98. The van der Waals surface area contributed by atoms with E-state index in [1.807, 2.05) is 21.9 Å². The van der Waals surface area contributed by atoms with Crippen LogP contribution in [-0.4, -0.2) is 98.4 Å². The molecule has 2 fully saturated rings. The fraction of sp³-hybridized carbons (Fsp3) is 0.290. The fourth-order valence-corrected chi connectivity index (χ4v) is 5.61. The molecule has 0 aliphatic carbocycles. The van der Waals surface area contributed by atoms with Crippen LogP contribution in [-0.2, 0) is 11.2 Å². The Balaban J connectivity index is 1.09. The predicted octanol–water partition coefficient (Wildman–Crippen LogP) is 1.68. The summed E-state index contributed by atoms with van der Waals surface area (Å²) in [7, 11) is 0. The largest absolute Gasteiger partial charge is 0.378 e. The van der Waals surface area contributed by atoms with Gasteiger partial charge in [-0.25, -0.2) is 19.5 Å². The molecule has 2 saturated heterocycles. The number of piperazine rings is 1. The zero-order valence-corrected chi connectivity index (χ0v) is 24.8. The van der Waals surface area contributed by atoms with Gasteiger partial charge in [0.25, 0.3) is 11.5 Å². The Bertz CT molecular complexity index is 1960. The molecule has 5 heterocycles. The minimum Gasteiger partial charge on any atom is -0.378 e. The Kier molecular flexibility index (Phi) is 7.88. The summed E-state index contributed by atoms with van der Waals surface area (Å²) in [6.07, 6.45) is 3.46. The number of hydrogen-bond donors (Lipinski definition) is 2. The number of morpholine rings is 1. The van der Waals surface area contributed by atoms with E-state index in [1.165, 1.54) is 6.07 Å². The van der Waals surface area contributed by atoms with Gasteiger partial charge < -0.3 is 25.2 Å². The summed E-state index contributed by atoms with van der Waals surface area (Å²) in [4.78, 5) is 53.7. The van der Waals surface area contributed by atoms with E-state index in [9.17, 15) is 9.59 Å². The highest BCUT2D eigenvalue weighted by Crippen LogP contribution is 2.24. The summed E-state index contributed by atoms with van der Waals surface area (Å²) in [5.74, 6) is 0.539. The van der Waals surface area contributed by atoms with Crippen LogP contribution in [0, 0.1) is 5.82 Å². The number of aromatic amines is 1. The number of rotatable bonds is 6. The normalized spacial score (nSPS) is 15.4. The van der Waals surface area contributed by atoms with Gasteiger partial charge in [-0.15, -0.1) is 0 Å². The van der Waals surface area contributed by atoms with Crippen molar-refractivity contribution < 1.29 is 13.9 Å². The molecule has 15 heteroatoms. The van der Waals surface area contributed by atoms with Gasteiger partial charge in [-0.2, -0.15) is 20.1 Å². The monoisotopic (exact) mass is 623 g/mol. The summed E-state index contributed by atoms with van der Waals surface area (Å²) < 4.78 is 20.5. The van der Waals surface area contributed by atoms with E-state index in [0.717, 1.165) is 0 Å². The minimum atomic E-state index is -0.599. The number of fused-ring (bicyclic) bond motifs is 1. The minimum absolute atomic E-state index is 0.0138. The van der Waals surface area contributed by atoms with Gasteiger partial charge >= 0.3 is 0 Å². The van der Waals surface area contributed by atoms with Crippen molar-refractivity contribution in [2.24, 2.45) is 0 Å². The van der Waals surface area contributed by atoms with Crippen LogP contribution in [0.1, 0.15) is 21.6 Å². The number of nitrogen functional groups attached to an aromatic ring is 1. The lowest BCUT2D eigenvalue weighted by Crippen LogP contribution is -2.49. The first-order valence-corrected chi connectivity index (χ1v) is 14.9. The van der Waals surface area contributed by atoms with Crippen LogP contribution in [0.25, 0.3) is 22.2 Å². The van der Waals surface area contributed by atoms with Crippen LogP contribution < -0.4 is 21.1 Å². The van der Waals surface area contributed by atoms with Crippen molar-refractivity contribution >= 4 is 34.5 Å². The molecular weight excluding hydrogens is 593 g/mol. The van der Waals surface area contributed by atoms with Crippen LogP contribution in [0.5, 0.6) is 0 Å². The Hall–Kier alpha value is -5.57. The first kappa shape index (κ1) is 29.2. The summed E-state index contributed by atoms with van der Waals surface area (Å²) in [5.41, 5.74) is 7.32. The maximum atomic E-state index is 15.0. The number of hydrogen-bond acceptors (Lipinski definition) is 12. The molecule has 2 aliphatic rings. The summed E-state index contributed by atoms with van der Waals surface area (Å²) >= 11 is 0. The average Bonchev–Trinajstić information content (AvgIpc) is 3.10. The van der Waals surface area contributed by atoms with Crippen LogP contribution in [0.15, 0.2) is 59.7 Å². The van der Waals surface area contributed by atoms with E-state index in [-0.39, 0.29) is 17.1 Å². The number of nitrogens with two attached hydrogens (primary N) is 1. The lowest BCUT2D eigenvalue weighted by atomic mass is 10.0. The van der Waals surface area contributed by atoms with Crippen LogP contribution >= 0.6 is 0 Å². The molecule has 46 heavy (non-hydrogen) atoms. The van der Waals surface area contributed by atoms with Gasteiger partial charge in [0.05, 0.1) is 35.4 Å². The quantitative estimate of drug-likeness (QED) is 0.281. The number of aromatic nitrogens is 7. The third-order valence-corrected chi connectivity index (χ3v) is 8.09. The van der Waals surface area contributed by atoms with Crippen molar-refractivity contribution in [3.8, 4) is 11.4 Å². The van der Waals surface area contributed by atoms with Crippen molar-refractivity contribution in [2.75, 3.05) is 68.0 Å². The molecule has 234 valence electrons. The average molecular weight is 624 g/mol. The molecule has 5 aromatic rings. The number of nitrogens with zero attached hydrogens (tertiary/aromatic N) is 9. The lowest BCUT2D eigenvalue weighted by Gasteiger charge is -2.35. The second-order valence-corrected chi connectivity index (χ2v) is 11.0. The van der Waals surface area contributed by atoms with E-state index in [2.05, 4.69) is 25.1 Å². The molecule has 7 rings (SSSR count). The number of anilines is 3. The Morgan fingerprint density at radius 3 is 2.28 bits per heavy atom. The molecule has 0 bridgehead atoms. The number of benzene rings is 2. The van der Waals surface area contributed by atoms with Gasteiger partial charge in [-0.05, 0) is 23.8 Å². The number of carbonyl (C=O) groups is 1. The number of H-pyrrole nitrogens is 1. The predicted molar refractivity (Wildman–Crippen MR) is 168 cm³/mol. The maximum absolute atomic E-state index is 15.0. The van der Waals surface area contributed by atoms with Crippen molar-refractivity contribution in [3.05, 3.63) is 87.9 Å². The van der Waals surface area contributed by atoms with Crippen LogP contribution in [0.3, 0.4) is 0 Å². The summed E-state index contributed by atoms with van der Waals surface area (Å²) in [6, 6.07) is 11.7. The van der Waals surface area contributed by atoms with Crippen molar-refractivity contribution in [1.29, 1.82) is 0 Å². The van der Waals surface area contributed by atoms with Crippen LogP contribution in [0.4, 0.5) is 22.2 Å². The molecule has 0 atom stereocenters. The van der Waals surface area contributed by atoms with Crippen molar-refractivity contribution in [2.45, 2.75) is 6.42 Å². The van der Waals surface area contributed by atoms with Gasteiger partial charge in [0.1, 0.15) is 5.82 Å². The molecule has 2 aromatic carbocycles. The molecule has 14 nitrogen and oxygen atoms in total. The third-order valence-electron chi connectivity index (χ3n) is 8.09. The Morgan fingerprint density at radius 2 is 1.57 bits per heavy atom. The van der Waals surface area contributed by atoms with Crippen molar-refractivity contribution in [3.63, 3.8) is 0 Å². The smallest absolute Gasteiger partial charge is 0.272 e. The Labute approximate surface area is 262 Å². The molecule has 1 amide bonds. The fourth-order valence-electron chi connectivity index (χ4n) is 5.61. The highest BCUT2D eigenvalue weighted by molar-refractivity contribution is 5.95. The molecule has 0 saturated carbocycles. The third kappa shape index (κ3) is 5.91. The highest BCUT2D eigenvalue weighted by Gasteiger charge is 2.27. The summed E-state index contributed by atoms with van der Waals surface area (Å²) in [6.45, 7) is 3.97. The number of ether oxygens (including phenoxy) is 1. The van der Waals surface area contributed by atoms with E-state index >= 15 is 4.39 Å². The zero-order chi connectivity index (χ0) is 31.6. The van der Waals surface area contributed by atoms with E-state index in [0.29, 0.717) is 104 Å². The van der Waals surface area contributed by atoms with E-state index in [1.54, 1.807) is 41.6 Å². The van der Waals surface area contributed by atoms with Gasteiger partial charge in [0, 0.05) is 63.5 Å². The van der Waals surface area contributed by atoms with Crippen LogP contribution in [0.2, 0.25) is 0 Å². The zero-order valence-electron chi connectivity index (χ0n) is 24.8. The lowest BCUT2D eigenvalue weighted by molar-refractivity contribution is 0.0741. The molecule has 2 aliphatic heterocycles. The standard InChI is InChI=1S/C31H30FN11O3/c32-24-6-5-19(16-25-21-3-1-2-4-22(21)27(44)40-39-25)15-23(24)28(45)41-7-9-42(10-8-41)30-36-26(20-17-34-29(33)35-18-20)37-31(38-30)43-11-13-46-14-12-43/h1-6,15,17-18H,7-14,16H2,(H,40,44)(H2,33,34,35). The first-order chi connectivity index (χ1) is 22.4. The van der Waals surface area contributed by atoms with Gasteiger partial charge in [0.15, 0.2) is 5.82 Å². The SMILES string of the molecule is Nc1ncc(-c2nc(N3CCOCC3)nc(N3CCN(C(=O)c4cc(Cc5n[nH]c(=O)c6ccccc56)ccc4F)CC3)n2)cn1. The Morgan fingerprint density at radius 1 is 0.891 bits per heavy atom. The number of halogens is 1. The van der Waals surface area contributed by atoms with Gasteiger partial charge in [0.2, 0.25) is 17.8 Å². The number of nitrogens with one attached hydrogen (secondary N) is 1. The maximum Gasteiger partial charge on any atom is 0.272 e. The topological polar surface area (TPSA) is 172 Å².